The van der Waals surface area contributed by atoms with Gasteiger partial charge in [0.25, 0.3) is 0 Å². The highest BCUT2D eigenvalue weighted by molar-refractivity contribution is 5.99. The molecule has 2 rings (SSSR count). The van der Waals surface area contributed by atoms with E-state index >= 15 is 0 Å². The number of hydrogen-bond acceptors (Lipinski definition) is 7. The average Bonchev–Trinajstić information content (AvgIpc) is 2.81. The number of anilines is 1. The summed E-state index contributed by atoms with van der Waals surface area (Å²) in [5, 5.41) is 4.70. The number of hydrogen-bond donors (Lipinski definition) is 7. The number of alkyl halides is 3. The molecule has 13 nitrogen and oxygen atoms in total. The summed E-state index contributed by atoms with van der Waals surface area (Å²) in [5.74, 6) is -1.54. The van der Waals surface area contributed by atoms with Gasteiger partial charge in [-0.3, -0.25) is 19.6 Å². The molecule has 1 heterocycles. The Hall–Kier alpha value is -4.34. The number of benzene rings is 1. The number of fused-ring (bicyclic) bond motifs is 1. The Bertz CT molecular complexity index is 1250. The quantitative estimate of drug-likeness (QED) is 0.0803. The van der Waals surface area contributed by atoms with Crippen LogP contribution in [0.5, 0.6) is 0 Å². The highest BCUT2D eigenvalue weighted by Gasteiger charge is 2.34. The number of guanidine groups is 2. The zero-order chi connectivity index (χ0) is 28.5. The maximum atomic E-state index is 13.3. The van der Waals surface area contributed by atoms with Crippen LogP contribution in [0.3, 0.4) is 0 Å². The predicted molar refractivity (Wildman–Crippen MR) is 136 cm³/mol. The van der Waals surface area contributed by atoms with Gasteiger partial charge in [-0.05, 0) is 37.8 Å². The molecule has 0 spiro atoms. The summed E-state index contributed by atoms with van der Waals surface area (Å²) in [5.41, 5.74) is 24.3. The van der Waals surface area contributed by atoms with Gasteiger partial charge in [-0.25, -0.2) is 4.79 Å². The first-order valence-electron chi connectivity index (χ1n) is 11.4. The van der Waals surface area contributed by atoms with Crippen molar-refractivity contribution in [3.8, 4) is 0 Å². The molecule has 0 aliphatic heterocycles. The van der Waals surface area contributed by atoms with Crippen molar-refractivity contribution < 1.29 is 27.2 Å². The Kier molecular flexibility index (Phi) is 10.4. The number of carbonyl (C=O) groups is 2. The lowest BCUT2D eigenvalue weighted by Crippen LogP contribution is -2.50. The molecule has 0 aliphatic carbocycles. The molecule has 1 aromatic heterocycles. The molecule has 0 aliphatic rings. The molecule has 2 amide bonds. The first-order chi connectivity index (χ1) is 17.8. The van der Waals surface area contributed by atoms with Crippen LogP contribution >= 0.6 is 0 Å². The van der Waals surface area contributed by atoms with Crippen LogP contribution in [0.4, 0.5) is 18.9 Å². The Morgan fingerprint density at radius 1 is 0.947 bits per heavy atom. The van der Waals surface area contributed by atoms with Crippen LogP contribution < -0.4 is 44.9 Å². The van der Waals surface area contributed by atoms with Gasteiger partial charge in [0.2, 0.25) is 11.8 Å². The van der Waals surface area contributed by atoms with E-state index in [1.807, 2.05) is 0 Å². The Morgan fingerprint density at radius 3 is 2.13 bits per heavy atom. The highest BCUT2D eigenvalue weighted by atomic mass is 19.4. The molecule has 0 bridgehead atoms. The fourth-order valence-corrected chi connectivity index (χ4v) is 3.41. The normalized spacial score (nSPS) is 12.8. The summed E-state index contributed by atoms with van der Waals surface area (Å²) < 4.78 is 44.7. The van der Waals surface area contributed by atoms with Crippen LogP contribution in [0.2, 0.25) is 0 Å². The lowest BCUT2D eigenvalue weighted by Gasteiger charge is -2.21. The van der Waals surface area contributed by atoms with Gasteiger partial charge in [-0.1, -0.05) is 0 Å². The standard InChI is InChI=1S/C22H30F3N9O4/c23-22(24,25)13-10-17(35)38-16-9-11(5-6-12(13)16)33-19(37)15(4-2-8-32-21(29)30)34-18(36)14(26)3-1-7-31-20(27)28/h5-6,9-10,14-15H,1-4,7-8,26H2,(H,33,37)(H,34,36)(H4,27,28,31)(H4,29,30,32). The second kappa shape index (κ2) is 13.3. The van der Waals surface area contributed by atoms with Crippen LogP contribution in [-0.2, 0) is 15.8 Å². The third-order valence-electron chi connectivity index (χ3n) is 5.20. The lowest BCUT2D eigenvalue weighted by molar-refractivity contribution is -0.136. The highest BCUT2D eigenvalue weighted by Crippen LogP contribution is 2.34. The van der Waals surface area contributed by atoms with Gasteiger partial charge in [0.05, 0.1) is 11.6 Å². The van der Waals surface area contributed by atoms with Crippen molar-refractivity contribution in [3.05, 3.63) is 40.2 Å². The monoisotopic (exact) mass is 541 g/mol. The van der Waals surface area contributed by atoms with E-state index in [1.54, 1.807) is 0 Å². The number of nitrogens with two attached hydrogens (primary N) is 5. The topological polar surface area (TPSA) is 243 Å². The molecule has 2 atom stereocenters. The van der Waals surface area contributed by atoms with Crippen LogP contribution in [0.25, 0.3) is 11.0 Å². The van der Waals surface area contributed by atoms with E-state index in [0.717, 1.165) is 12.1 Å². The predicted octanol–water partition coefficient (Wildman–Crippen LogP) is -0.330. The molecular formula is C22H30F3N9O4. The molecule has 12 N–H and O–H groups in total. The molecule has 16 heteroatoms. The minimum Gasteiger partial charge on any atom is -0.423 e. The van der Waals surface area contributed by atoms with E-state index < -0.39 is 41.3 Å². The van der Waals surface area contributed by atoms with Gasteiger partial charge in [0.1, 0.15) is 11.6 Å². The maximum Gasteiger partial charge on any atom is 0.417 e. The van der Waals surface area contributed by atoms with Crippen molar-refractivity contribution in [2.24, 2.45) is 38.7 Å². The van der Waals surface area contributed by atoms with E-state index in [-0.39, 0.29) is 54.5 Å². The fraction of sp³-hybridized carbons (Fsp3) is 0.409. The van der Waals surface area contributed by atoms with E-state index in [1.165, 1.54) is 6.07 Å². The molecule has 0 saturated carbocycles. The summed E-state index contributed by atoms with van der Waals surface area (Å²) in [6.45, 7) is 0.438. The van der Waals surface area contributed by atoms with Gasteiger partial charge >= 0.3 is 11.8 Å². The minimum atomic E-state index is -4.79. The first kappa shape index (κ1) is 29.9. The number of halogens is 3. The van der Waals surface area contributed by atoms with Crippen LogP contribution in [-0.4, -0.2) is 48.9 Å². The SMILES string of the molecule is NC(N)=NCCCC(N)C(=O)NC(CCCN=C(N)N)C(=O)Nc1ccc2c(C(F)(F)F)cc(=O)oc2c1. The second-order valence-electron chi connectivity index (χ2n) is 8.24. The molecule has 0 saturated heterocycles. The van der Waals surface area contributed by atoms with Crippen molar-refractivity contribution in [1.29, 1.82) is 0 Å². The number of rotatable bonds is 12. The third-order valence-corrected chi connectivity index (χ3v) is 5.20. The van der Waals surface area contributed by atoms with Gasteiger partial charge < -0.3 is 43.7 Å². The maximum absolute atomic E-state index is 13.3. The summed E-state index contributed by atoms with van der Waals surface area (Å²) in [4.78, 5) is 44.9. The zero-order valence-electron chi connectivity index (χ0n) is 20.3. The summed E-state index contributed by atoms with van der Waals surface area (Å²) in [6, 6.07) is 1.65. The van der Waals surface area contributed by atoms with Crippen molar-refractivity contribution in [2.45, 2.75) is 43.9 Å². The molecule has 2 aromatic rings. The van der Waals surface area contributed by atoms with E-state index in [0.29, 0.717) is 18.9 Å². The van der Waals surface area contributed by atoms with Crippen LogP contribution in [0.1, 0.15) is 31.2 Å². The average molecular weight is 542 g/mol. The van der Waals surface area contributed by atoms with Gasteiger partial charge in [0, 0.05) is 36.3 Å². The number of carbonyl (C=O) groups excluding carboxylic acids is 2. The molecule has 0 fully saturated rings. The Labute approximate surface area is 214 Å². The number of aliphatic imine (C=N–C) groups is 2. The molecule has 1 aromatic carbocycles. The van der Waals surface area contributed by atoms with Crippen molar-refractivity contribution in [3.63, 3.8) is 0 Å². The fourth-order valence-electron chi connectivity index (χ4n) is 3.41. The molecular weight excluding hydrogens is 511 g/mol. The number of amides is 2. The van der Waals surface area contributed by atoms with Gasteiger partial charge in [0.15, 0.2) is 11.9 Å². The lowest BCUT2D eigenvalue weighted by atomic mass is 10.1. The zero-order valence-corrected chi connectivity index (χ0v) is 20.3. The van der Waals surface area contributed by atoms with Crippen molar-refractivity contribution >= 4 is 40.4 Å². The largest absolute Gasteiger partial charge is 0.423 e. The number of nitrogens with zero attached hydrogens (tertiary/aromatic N) is 2. The van der Waals surface area contributed by atoms with E-state index in [4.69, 9.17) is 33.1 Å². The smallest absolute Gasteiger partial charge is 0.417 e. The first-order valence-corrected chi connectivity index (χ1v) is 11.4. The molecule has 0 radical (unpaired) electrons. The van der Waals surface area contributed by atoms with E-state index in [2.05, 4.69) is 20.6 Å². The van der Waals surface area contributed by atoms with Crippen molar-refractivity contribution in [2.75, 3.05) is 18.4 Å². The second-order valence-corrected chi connectivity index (χ2v) is 8.24. The van der Waals surface area contributed by atoms with Crippen molar-refractivity contribution in [1.82, 2.24) is 5.32 Å². The number of nitrogens with one attached hydrogen (secondary N) is 2. The van der Waals surface area contributed by atoms with Gasteiger partial charge in [-0.2, -0.15) is 13.2 Å². The Morgan fingerprint density at radius 2 is 1.55 bits per heavy atom. The summed E-state index contributed by atoms with van der Waals surface area (Å²) in [7, 11) is 0. The van der Waals surface area contributed by atoms with Crippen LogP contribution in [0.15, 0.2) is 43.5 Å². The third kappa shape index (κ3) is 9.27. The Balaban J connectivity index is 2.18. The van der Waals surface area contributed by atoms with Crippen LogP contribution in [0, 0.1) is 0 Å². The summed E-state index contributed by atoms with van der Waals surface area (Å²) >= 11 is 0. The molecule has 208 valence electrons. The van der Waals surface area contributed by atoms with Gasteiger partial charge in [-0.15, -0.1) is 0 Å². The molecule has 2 unspecified atom stereocenters. The van der Waals surface area contributed by atoms with E-state index in [9.17, 15) is 27.6 Å². The summed E-state index contributed by atoms with van der Waals surface area (Å²) in [6.07, 6.45) is -3.73. The minimum absolute atomic E-state index is 0.0370. The molecule has 38 heavy (non-hydrogen) atoms.